The van der Waals surface area contributed by atoms with Crippen LogP contribution in [0.15, 0.2) is 30.3 Å². The van der Waals surface area contributed by atoms with Crippen molar-refractivity contribution in [1.82, 2.24) is 25.1 Å². The SMILES string of the molecule is CCCCOC(=O)N1CCN(C(=O)[C@H](CCC(=O)O)NC(=O)c2cc(C3C[C@@H]3COC)nc(-c3ccc(F)cc3)n2)CC1. The van der Waals surface area contributed by atoms with Crippen molar-refractivity contribution in [2.24, 2.45) is 5.92 Å². The third-order valence-corrected chi connectivity index (χ3v) is 7.59. The summed E-state index contributed by atoms with van der Waals surface area (Å²) in [7, 11) is 1.62. The first-order valence-electron chi connectivity index (χ1n) is 14.6. The zero-order valence-corrected chi connectivity index (χ0v) is 24.5. The van der Waals surface area contributed by atoms with Crippen LogP contribution < -0.4 is 5.32 Å². The summed E-state index contributed by atoms with van der Waals surface area (Å²) in [4.78, 5) is 62.8. The van der Waals surface area contributed by atoms with Crippen molar-refractivity contribution < 1.29 is 38.1 Å². The minimum Gasteiger partial charge on any atom is -0.481 e. The number of carboxylic acid groups (broad SMARTS) is 1. The predicted molar refractivity (Wildman–Crippen MR) is 153 cm³/mol. The molecule has 12 nitrogen and oxygen atoms in total. The lowest BCUT2D eigenvalue weighted by Crippen LogP contribution is -2.56. The smallest absolute Gasteiger partial charge is 0.409 e. The van der Waals surface area contributed by atoms with Gasteiger partial charge >= 0.3 is 12.1 Å². The Morgan fingerprint density at radius 3 is 2.44 bits per heavy atom. The van der Waals surface area contributed by atoms with Gasteiger partial charge in [0, 0.05) is 63.5 Å². The first-order valence-corrected chi connectivity index (χ1v) is 14.6. The van der Waals surface area contributed by atoms with E-state index in [9.17, 15) is 28.7 Å². The first kappa shape index (κ1) is 31.8. The number of aromatic nitrogens is 2. The highest BCUT2D eigenvalue weighted by atomic mass is 19.1. The van der Waals surface area contributed by atoms with E-state index in [2.05, 4.69) is 15.3 Å². The Morgan fingerprint density at radius 2 is 1.79 bits per heavy atom. The fourth-order valence-corrected chi connectivity index (χ4v) is 4.99. The van der Waals surface area contributed by atoms with Crippen molar-refractivity contribution >= 4 is 23.9 Å². The molecule has 1 saturated carbocycles. The number of aliphatic carboxylic acids is 1. The molecule has 43 heavy (non-hydrogen) atoms. The van der Waals surface area contributed by atoms with Crippen LogP contribution in [0.4, 0.5) is 9.18 Å². The highest BCUT2D eigenvalue weighted by Crippen LogP contribution is 2.47. The molecule has 2 heterocycles. The van der Waals surface area contributed by atoms with Crippen molar-refractivity contribution in [1.29, 1.82) is 0 Å². The molecule has 2 N–H and O–H groups in total. The van der Waals surface area contributed by atoms with Gasteiger partial charge in [-0.2, -0.15) is 0 Å². The van der Waals surface area contributed by atoms with Gasteiger partial charge < -0.3 is 29.7 Å². The molecular weight excluding hydrogens is 561 g/mol. The van der Waals surface area contributed by atoms with E-state index in [1.54, 1.807) is 13.2 Å². The highest BCUT2D eigenvalue weighted by Gasteiger charge is 2.40. The van der Waals surface area contributed by atoms with E-state index in [0.717, 1.165) is 19.3 Å². The maximum Gasteiger partial charge on any atom is 0.409 e. The van der Waals surface area contributed by atoms with Crippen molar-refractivity contribution in [3.05, 3.63) is 47.5 Å². The molecular formula is C30H38FN5O7. The molecule has 3 atom stereocenters. The number of amides is 3. The Kier molecular flexibility index (Phi) is 11.0. The van der Waals surface area contributed by atoms with Gasteiger partial charge in [-0.3, -0.25) is 14.4 Å². The van der Waals surface area contributed by atoms with E-state index >= 15 is 0 Å². The number of carbonyl (C=O) groups is 4. The quantitative estimate of drug-likeness (QED) is 0.331. The number of hydrogen-bond acceptors (Lipinski definition) is 8. The van der Waals surface area contributed by atoms with Gasteiger partial charge in [-0.1, -0.05) is 13.3 Å². The van der Waals surface area contributed by atoms with Gasteiger partial charge in [-0.25, -0.2) is 19.2 Å². The van der Waals surface area contributed by atoms with Crippen LogP contribution in [-0.2, 0) is 19.1 Å². The summed E-state index contributed by atoms with van der Waals surface area (Å²) >= 11 is 0. The lowest BCUT2D eigenvalue weighted by molar-refractivity contribution is -0.138. The zero-order chi connectivity index (χ0) is 30.9. The summed E-state index contributed by atoms with van der Waals surface area (Å²) < 4.78 is 24.1. The Bertz CT molecular complexity index is 1300. The maximum absolute atomic E-state index is 13.6. The van der Waals surface area contributed by atoms with E-state index in [0.29, 0.717) is 24.5 Å². The number of nitrogens with zero attached hydrogens (tertiary/aromatic N) is 4. The fraction of sp³-hybridized carbons (Fsp3) is 0.533. The Morgan fingerprint density at radius 1 is 1.09 bits per heavy atom. The monoisotopic (exact) mass is 599 g/mol. The van der Waals surface area contributed by atoms with Crippen LogP contribution in [0.25, 0.3) is 11.4 Å². The molecule has 1 aliphatic heterocycles. The summed E-state index contributed by atoms with van der Waals surface area (Å²) in [5, 5.41) is 12.0. The topological polar surface area (TPSA) is 151 Å². The molecule has 2 fully saturated rings. The molecule has 1 unspecified atom stereocenters. The molecule has 1 saturated heterocycles. The molecule has 1 aromatic carbocycles. The summed E-state index contributed by atoms with van der Waals surface area (Å²) in [6.45, 7) is 3.83. The molecule has 4 rings (SSSR count). The second-order valence-corrected chi connectivity index (χ2v) is 10.8. The first-order chi connectivity index (χ1) is 20.7. The van der Waals surface area contributed by atoms with Gasteiger partial charge in [0.05, 0.1) is 6.61 Å². The number of methoxy groups -OCH3 is 1. The number of ether oxygens (including phenoxy) is 2. The number of unbranched alkanes of at least 4 members (excludes halogenated alkanes) is 1. The van der Waals surface area contributed by atoms with Crippen LogP contribution >= 0.6 is 0 Å². The highest BCUT2D eigenvalue weighted by molar-refractivity contribution is 5.96. The van der Waals surface area contributed by atoms with Crippen molar-refractivity contribution in [3.63, 3.8) is 0 Å². The van der Waals surface area contributed by atoms with Gasteiger partial charge in [0.2, 0.25) is 5.91 Å². The van der Waals surface area contributed by atoms with Crippen LogP contribution in [0.5, 0.6) is 0 Å². The van der Waals surface area contributed by atoms with Gasteiger partial charge in [-0.05, 0) is 55.5 Å². The normalized spacial score (nSPS) is 18.6. The standard InChI is InChI=1S/C30H38FN5O7/c1-3-4-15-43-30(41)36-13-11-35(12-14-36)29(40)23(9-10-26(37)38)34-28(39)25-17-24(22-16-20(22)18-42-2)32-27(33-25)19-5-7-21(31)8-6-19/h5-8,17,20,22-23H,3-4,9-16,18H2,1-2H3,(H,34,39)(H,37,38)/t20-,22?,23+/m1/s1. The number of rotatable bonds is 13. The lowest BCUT2D eigenvalue weighted by Gasteiger charge is -2.36. The van der Waals surface area contributed by atoms with Crippen LogP contribution in [0.3, 0.4) is 0 Å². The van der Waals surface area contributed by atoms with E-state index in [-0.39, 0.29) is 62.4 Å². The van der Waals surface area contributed by atoms with Crippen molar-refractivity contribution in [2.45, 2.75) is 51.0 Å². The lowest BCUT2D eigenvalue weighted by atomic mass is 10.1. The Labute approximate surface area is 249 Å². The summed E-state index contributed by atoms with van der Waals surface area (Å²) in [6.07, 6.45) is 1.60. The molecule has 0 radical (unpaired) electrons. The summed E-state index contributed by atoms with van der Waals surface area (Å²) in [5.74, 6) is -2.09. The molecule has 0 bridgehead atoms. The number of carboxylic acids is 1. The molecule has 1 aromatic heterocycles. The number of carbonyl (C=O) groups excluding carboxylic acids is 3. The second-order valence-electron chi connectivity index (χ2n) is 10.8. The average Bonchev–Trinajstić information content (AvgIpc) is 3.78. The molecule has 2 aromatic rings. The predicted octanol–water partition coefficient (Wildman–Crippen LogP) is 3.08. The molecule has 2 aliphatic rings. The summed E-state index contributed by atoms with van der Waals surface area (Å²) in [6, 6.07) is 6.05. The third-order valence-electron chi connectivity index (χ3n) is 7.59. The van der Waals surface area contributed by atoms with Gasteiger partial charge in [0.25, 0.3) is 5.91 Å². The molecule has 1 aliphatic carbocycles. The maximum atomic E-state index is 13.6. The molecule has 0 spiro atoms. The second kappa shape index (κ2) is 14.9. The number of hydrogen-bond donors (Lipinski definition) is 2. The third kappa shape index (κ3) is 8.69. The molecule has 3 amide bonds. The van der Waals surface area contributed by atoms with Crippen molar-refractivity contribution in [2.75, 3.05) is 46.5 Å². The molecule has 232 valence electrons. The van der Waals surface area contributed by atoms with Gasteiger partial charge in [-0.15, -0.1) is 0 Å². The van der Waals surface area contributed by atoms with Crippen LogP contribution in [-0.4, -0.2) is 101 Å². The molecule has 13 heteroatoms. The number of piperazine rings is 1. The average molecular weight is 600 g/mol. The number of benzene rings is 1. The van der Waals surface area contributed by atoms with E-state index < -0.39 is 35.7 Å². The van der Waals surface area contributed by atoms with Gasteiger partial charge in [0.15, 0.2) is 5.82 Å². The largest absolute Gasteiger partial charge is 0.481 e. The minimum atomic E-state index is -1.12. The van der Waals surface area contributed by atoms with E-state index in [4.69, 9.17) is 9.47 Å². The van der Waals surface area contributed by atoms with Gasteiger partial charge in [0.1, 0.15) is 17.6 Å². The Balaban J connectivity index is 1.50. The van der Waals surface area contributed by atoms with Crippen LogP contribution in [0.2, 0.25) is 0 Å². The fourth-order valence-electron chi connectivity index (χ4n) is 4.99. The zero-order valence-electron chi connectivity index (χ0n) is 24.5. The van der Waals surface area contributed by atoms with Crippen LogP contribution in [0.1, 0.15) is 61.1 Å². The number of nitrogens with one attached hydrogen (secondary N) is 1. The number of halogens is 1. The van der Waals surface area contributed by atoms with Crippen LogP contribution in [0, 0.1) is 11.7 Å². The summed E-state index contributed by atoms with van der Waals surface area (Å²) in [5.41, 5.74) is 1.17. The van der Waals surface area contributed by atoms with E-state index in [1.165, 1.54) is 34.1 Å². The Hall–Kier alpha value is -4.13. The van der Waals surface area contributed by atoms with Crippen molar-refractivity contribution in [3.8, 4) is 11.4 Å². The van der Waals surface area contributed by atoms with E-state index in [1.807, 2.05) is 6.92 Å². The minimum absolute atomic E-state index is 0.0140.